The first-order chi connectivity index (χ1) is 23.6. The molecule has 1 aliphatic heterocycles. The molecule has 9 nitrogen and oxygen atoms in total. The molecule has 2 aliphatic rings. The lowest BCUT2D eigenvalue weighted by Gasteiger charge is -2.29. The Morgan fingerprint density at radius 2 is 1.92 bits per heavy atom. The highest BCUT2D eigenvalue weighted by Crippen LogP contribution is 2.35. The van der Waals surface area contributed by atoms with E-state index in [1.54, 1.807) is 13.2 Å². The molecule has 1 aromatic heterocycles. The largest absolute Gasteiger partial charge is 0.383 e. The number of allylic oxidation sites excluding steroid dienone is 7. The van der Waals surface area contributed by atoms with E-state index in [0.717, 1.165) is 51.2 Å². The number of rotatable bonds is 13. The second kappa shape index (κ2) is 18.4. The molecule has 0 saturated carbocycles. The van der Waals surface area contributed by atoms with E-state index in [9.17, 15) is 14.0 Å². The summed E-state index contributed by atoms with van der Waals surface area (Å²) in [6, 6.07) is 12.7. The van der Waals surface area contributed by atoms with Crippen LogP contribution in [0.5, 0.6) is 0 Å². The van der Waals surface area contributed by atoms with Gasteiger partial charge in [0.25, 0.3) is 0 Å². The number of nitrogens with one attached hydrogen (secondary N) is 4. The van der Waals surface area contributed by atoms with Crippen LogP contribution in [-0.2, 0) is 9.53 Å². The molecule has 0 spiro atoms. The molecule has 49 heavy (non-hydrogen) atoms. The normalized spacial score (nSPS) is 22.8. The van der Waals surface area contributed by atoms with Crippen molar-refractivity contribution >= 4 is 17.6 Å². The van der Waals surface area contributed by atoms with Crippen LogP contribution in [0.1, 0.15) is 70.4 Å². The van der Waals surface area contributed by atoms with Crippen molar-refractivity contribution in [3.8, 4) is 0 Å². The number of hydrogen-bond acceptors (Lipinski definition) is 6. The lowest BCUT2D eigenvalue weighted by molar-refractivity contribution is -0.117. The molecule has 2 aromatic rings. The van der Waals surface area contributed by atoms with E-state index in [2.05, 4.69) is 57.5 Å². The van der Waals surface area contributed by atoms with E-state index >= 15 is 0 Å². The van der Waals surface area contributed by atoms with Crippen LogP contribution in [0.25, 0.3) is 0 Å². The van der Waals surface area contributed by atoms with E-state index in [4.69, 9.17) is 9.73 Å². The minimum absolute atomic E-state index is 0.00911. The van der Waals surface area contributed by atoms with Crippen LogP contribution in [0, 0.1) is 11.9 Å². The number of amides is 3. The minimum atomic E-state index is -0.563. The Morgan fingerprint density at radius 1 is 1.14 bits per heavy atom. The van der Waals surface area contributed by atoms with E-state index in [0.29, 0.717) is 39.2 Å². The number of pyridine rings is 1. The quantitative estimate of drug-likeness (QED) is 0.152. The Hall–Kier alpha value is -4.41. The average Bonchev–Trinajstić information content (AvgIpc) is 3.19. The summed E-state index contributed by atoms with van der Waals surface area (Å²) in [4.78, 5) is 35.7. The monoisotopic (exact) mass is 670 g/mol. The van der Waals surface area contributed by atoms with Crippen LogP contribution in [-0.4, -0.2) is 68.6 Å². The van der Waals surface area contributed by atoms with Gasteiger partial charge in [-0.3, -0.25) is 9.79 Å². The third-order valence-electron chi connectivity index (χ3n) is 9.38. The number of likely N-dealkylation sites (N-methyl/N-ethyl adjacent to an activating group) is 1. The first-order valence-electron chi connectivity index (χ1n) is 17.2. The number of halogens is 1. The van der Waals surface area contributed by atoms with Gasteiger partial charge in [-0.05, 0) is 79.7 Å². The van der Waals surface area contributed by atoms with Crippen LogP contribution in [0.15, 0.2) is 99.9 Å². The highest BCUT2D eigenvalue weighted by atomic mass is 19.1. The summed E-state index contributed by atoms with van der Waals surface area (Å²) in [6.07, 6.45) is 9.02. The summed E-state index contributed by atoms with van der Waals surface area (Å²) in [6.45, 7) is 12.6. The Labute approximate surface area is 290 Å². The zero-order valence-corrected chi connectivity index (χ0v) is 29.6. The number of carbonyl (C=O) groups excluding carboxylic acids is 2. The van der Waals surface area contributed by atoms with Gasteiger partial charge in [-0.25, -0.2) is 9.78 Å². The van der Waals surface area contributed by atoms with Gasteiger partial charge in [-0.1, -0.05) is 56.3 Å². The molecule has 4 atom stereocenters. The number of aliphatic imine (C=N–C) groups is 1. The van der Waals surface area contributed by atoms with Crippen LogP contribution in [0.4, 0.5) is 9.18 Å². The lowest BCUT2D eigenvalue weighted by atomic mass is 9.83. The van der Waals surface area contributed by atoms with Crippen LogP contribution >= 0.6 is 0 Å². The van der Waals surface area contributed by atoms with Crippen molar-refractivity contribution in [1.82, 2.24) is 26.3 Å². The fraction of sp³-hybridized carbons (Fsp3) is 0.436. The van der Waals surface area contributed by atoms with Crippen molar-refractivity contribution in [3.05, 3.63) is 112 Å². The first kappa shape index (κ1) is 37.4. The van der Waals surface area contributed by atoms with Crippen molar-refractivity contribution in [2.75, 3.05) is 39.9 Å². The molecule has 4 N–H and O–H groups in total. The molecule has 0 radical (unpaired) electrons. The second-order valence-electron chi connectivity index (χ2n) is 12.7. The number of nitrogens with zero attached hydrogens (tertiary/aromatic N) is 2. The van der Waals surface area contributed by atoms with Gasteiger partial charge in [-0.15, -0.1) is 0 Å². The predicted octanol–water partition coefficient (Wildman–Crippen LogP) is 6.11. The fourth-order valence-corrected chi connectivity index (χ4v) is 6.50. The van der Waals surface area contributed by atoms with E-state index < -0.39 is 5.95 Å². The third kappa shape index (κ3) is 10.1. The van der Waals surface area contributed by atoms with Crippen molar-refractivity contribution in [3.63, 3.8) is 0 Å². The highest BCUT2D eigenvalue weighted by Gasteiger charge is 2.31. The maximum atomic E-state index is 14.1. The molecule has 0 saturated heterocycles. The van der Waals surface area contributed by atoms with Crippen LogP contribution in [0.3, 0.4) is 0 Å². The molecule has 0 bridgehead atoms. The summed E-state index contributed by atoms with van der Waals surface area (Å²) in [5.74, 6) is -0.900. The van der Waals surface area contributed by atoms with Gasteiger partial charge >= 0.3 is 6.03 Å². The van der Waals surface area contributed by atoms with Gasteiger partial charge in [0.1, 0.15) is 0 Å². The number of urea groups is 1. The van der Waals surface area contributed by atoms with Gasteiger partial charge in [0.2, 0.25) is 11.9 Å². The standard InChI is InChI=1S/C39H51FN6O3/c1-7-42-38(47)32-16-12-11-15-31(21-25(32)2)37-28(5)36(27(4)33(23-44-37)29-13-9-8-10-14-29)46-39(48)45-34(24-41-19-20-49-6)26(3)30-17-18-43-35(40)22-30/h8-11,13-15,17-18,21-22,26-27,33-34,41H,7,12,16,19-20,23-24H2,1-6H3,(H,42,47)(H2,45,46,48)/b15-11-,31-21+,32-25+/t26-,27?,33?,34+/m0/s1. The molecule has 2 heterocycles. The molecule has 262 valence electrons. The highest BCUT2D eigenvalue weighted by molar-refractivity contribution is 6.15. The number of carbonyl (C=O) groups is 2. The molecular weight excluding hydrogens is 619 g/mol. The number of benzene rings is 1. The van der Waals surface area contributed by atoms with Gasteiger partial charge in [-0.2, -0.15) is 4.39 Å². The zero-order chi connectivity index (χ0) is 35.3. The summed E-state index contributed by atoms with van der Waals surface area (Å²) in [5.41, 5.74) is 6.86. The topological polar surface area (TPSA) is 117 Å². The number of hydrogen-bond donors (Lipinski definition) is 4. The molecule has 4 rings (SSSR count). The Bertz CT molecular complexity index is 1610. The summed E-state index contributed by atoms with van der Waals surface area (Å²) in [5, 5.41) is 12.7. The van der Waals surface area contributed by atoms with Crippen molar-refractivity contribution in [1.29, 1.82) is 0 Å². The SMILES string of the molecule is CCNC(=O)/C1=C(C)/C=C(C2=NCC(c3ccccc3)C(C)C(NC(=O)N[C@H](CNCCOC)[C@@H](C)c3ccnc(F)c3)=C2C)\C=C/CC1. The number of aromatic nitrogens is 1. The molecular formula is C39H51FN6O3. The summed E-state index contributed by atoms with van der Waals surface area (Å²) >= 11 is 0. The molecule has 1 aliphatic carbocycles. The van der Waals surface area contributed by atoms with Gasteiger partial charge in [0, 0.05) is 74.6 Å². The van der Waals surface area contributed by atoms with Crippen molar-refractivity contribution in [2.24, 2.45) is 10.9 Å². The fourth-order valence-electron chi connectivity index (χ4n) is 6.50. The van der Waals surface area contributed by atoms with Crippen molar-refractivity contribution in [2.45, 2.75) is 65.3 Å². The Kier molecular flexibility index (Phi) is 14.0. The van der Waals surface area contributed by atoms with E-state index in [1.807, 2.05) is 52.0 Å². The first-order valence-corrected chi connectivity index (χ1v) is 17.2. The smallest absolute Gasteiger partial charge is 0.319 e. The number of methoxy groups -OCH3 is 1. The number of ether oxygens (including phenoxy) is 1. The summed E-state index contributed by atoms with van der Waals surface area (Å²) in [7, 11) is 1.64. The molecule has 3 amide bonds. The molecule has 10 heteroatoms. The predicted molar refractivity (Wildman–Crippen MR) is 194 cm³/mol. The van der Waals surface area contributed by atoms with E-state index in [1.165, 1.54) is 12.3 Å². The van der Waals surface area contributed by atoms with Crippen LogP contribution in [0.2, 0.25) is 0 Å². The summed E-state index contributed by atoms with van der Waals surface area (Å²) < 4.78 is 19.3. The maximum absolute atomic E-state index is 14.1. The second-order valence-corrected chi connectivity index (χ2v) is 12.7. The van der Waals surface area contributed by atoms with Gasteiger partial charge < -0.3 is 26.0 Å². The van der Waals surface area contributed by atoms with E-state index in [-0.39, 0.29) is 35.7 Å². The Balaban J connectivity index is 1.71. The van der Waals surface area contributed by atoms with Crippen LogP contribution < -0.4 is 21.3 Å². The van der Waals surface area contributed by atoms with Gasteiger partial charge in [0.15, 0.2) is 0 Å². The minimum Gasteiger partial charge on any atom is -0.383 e. The maximum Gasteiger partial charge on any atom is 0.319 e. The zero-order valence-electron chi connectivity index (χ0n) is 29.6. The van der Waals surface area contributed by atoms with Gasteiger partial charge in [0.05, 0.1) is 12.3 Å². The molecule has 2 unspecified atom stereocenters. The average molecular weight is 671 g/mol. The van der Waals surface area contributed by atoms with Crippen molar-refractivity contribution < 1.29 is 18.7 Å². The lowest BCUT2D eigenvalue weighted by Crippen LogP contribution is -2.50. The Morgan fingerprint density at radius 3 is 2.63 bits per heavy atom. The third-order valence-corrected chi connectivity index (χ3v) is 9.38. The molecule has 0 fully saturated rings. The molecule has 1 aromatic carbocycles.